The lowest BCUT2D eigenvalue weighted by Crippen LogP contribution is -2.29. The van der Waals surface area contributed by atoms with Crippen LogP contribution in [0.2, 0.25) is 0 Å². The zero-order chi connectivity index (χ0) is 48.8. The molecule has 0 unspecified atom stereocenters. The molecule has 0 radical (unpaired) electrons. The van der Waals surface area contributed by atoms with E-state index >= 15 is 0 Å². The molecule has 0 spiro atoms. The van der Waals surface area contributed by atoms with Crippen LogP contribution in [0.1, 0.15) is 101 Å². The zero-order valence-electron chi connectivity index (χ0n) is 41.0. The number of hydrogen-bond acceptors (Lipinski definition) is 5. The van der Waals surface area contributed by atoms with Gasteiger partial charge in [-0.3, -0.25) is 0 Å². The van der Waals surface area contributed by atoms with Crippen LogP contribution in [0.25, 0.3) is 4.85 Å². The second kappa shape index (κ2) is 16.9. The molecular weight excluding hydrogens is 877 g/mol. The number of anilines is 12. The van der Waals surface area contributed by atoms with Crippen LogP contribution in [0, 0.1) is 17.9 Å². The molecule has 0 N–H and O–H groups in total. The van der Waals surface area contributed by atoms with Crippen molar-refractivity contribution in [1.29, 1.82) is 5.26 Å². The molecule has 0 aromatic heterocycles. The summed E-state index contributed by atoms with van der Waals surface area (Å²) in [6.07, 6.45) is 3.21. The molecule has 72 heavy (non-hydrogen) atoms. The molecular formula is C66H52N6. The molecule has 13 rings (SSSR count). The Kier molecular flexibility index (Phi) is 10.2. The van der Waals surface area contributed by atoms with Crippen molar-refractivity contribution in [1.82, 2.24) is 0 Å². The van der Waals surface area contributed by atoms with Crippen LogP contribution in [-0.2, 0) is 25.7 Å². The van der Waals surface area contributed by atoms with Crippen molar-refractivity contribution < 1.29 is 0 Å². The Labute approximate surface area is 422 Å². The first-order chi connectivity index (χ1) is 35.2. The summed E-state index contributed by atoms with van der Waals surface area (Å²) >= 11 is 0. The first-order valence-electron chi connectivity index (χ1n) is 25.2. The van der Waals surface area contributed by atoms with Gasteiger partial charge in [0, 0.05) is 70.9 Å². The van der Waals surface area contributed by atoms with Crippen LogP contribution in [-0.4, -0.2) is 0 Å². The fourth-order valence-electron chi connectivity index (χ4n) is 11.8. The summed E-state index contributed by atoms with van der Waals surface area (Å²) in [5.41, 5.74) is 28.3. The van der Waals surface area contributed by atoms with Crippen molar-refractivity contribution in [3.8, 4) is 6.07 Å². The van der Waals surface area contributed by atoms with E-state index in [0.717, 1.165) is 59.8 Å². The van der Waals surface area contributed by atoms with E-state index in [-0.39, 0.29) is 0 Å². The van der Waals surface area contributed by atoms with Gasteiger partial charge in [0.25, 0.3) is 0 Å². The van der Waals surface area contributed by atoms with Crippen LogP contribution < -0.4 is 19.6 Å². The Morgan fingerprint density at radius 3 is 1.25 bits per heavy atom. The van der Waals surface area contributed by atoms with E-state index in [2.05, 4.69) is 216 Å². The topological polar surface area (TPSA) is 41.1 Å². The van der Waals surface area contributed by atoms with Gasteiger partial charge in [-0.05, 0) is 153 Å². The highest BCUT2D eigenvalue weighted by molar-refractivity contribution is 5.99. The third kappa shape index (κ3) is 6.90. The molecule has 346 valence electrons. The van der Waals surface area contributed by atoms with Crippen molar-refractivity contribution in [2.45, 2.75) is 65.2 Å². The number of nitrogens with zero attached hydrogens (tertiary/aromatic N) is 6. The van der Waals surface area contributed by atoms with Gasteiger partial charge < -0.3 is 19.6 Å². The Morgan fingerprint density at radius 1 is 0.444 bits per heavy atom. The molecule has 4 aliphatic rings. The minimum absolute atomic E-state index is 0.421. The summed E-state index contributed by atoms with van der Waals surface area (Å²) < 4.78 is 0. The predicted molar refractivity (Wildman–Crippen MR) is 296 cm³/mol. The fourth-order valence-corrected chi connectivity index (χ4v) is 11.8. The Morgan fingerprint density at radius 2 is 0.847 bits per heavy atom. The van der Waals surface area contributed by atoms with Gasteiger partial charge in [-0.1, -0.05) is 113 Å². The van der Waals surface area contributed by atoms with Crippen molar-refractivity contribution in [2.24, 2.45) is 0 Å². The third-order valence-corrected chi connectivity index (χ3v) is 15.5. The quantitative estimate of drug-likeness (QED) is 0.142. The van der Waals surface area contributed by atoms with Gasteiger partial charge >= 0.3 is 0 Å². The Hall–Kier alpha value is -8.84. The van der Waals surface area contributed by atoms with Crippen molar-refractivity contribution >= 4 is 73.9 Å². The molecule has 6 heteroatoms. The van der Waals surface area contributed by atoms with E-state index in [9.17, 15) is 5.26 Å². The molecule has 0 saturated heterocycles. The normalized spacial score (nSPS) is 13.2. The largest absolute Gasteiger partial charge is 0.310 e. The van der Waals surface area contributed by atoms with Gasteiger partial charge in [0.2, 0.25) is 0 Å². The van der Waals surface area contributed by atoms with E-state index in [1.165, 1.54) is 89.8 Å². The smallest absolute Gasteiger partial charge is 0.187 e. The molecule has 4 heterocycles. The van der Waals surface area contributed by atoms with Crippen molar-refractivity contribution in [3.05, 3.63) is 255 Å². The SMILES string of the molecule is [C-]#[N+]c1ccc(N(c2ccc(C(C)C)cc2)c2ccc3c4c2Cc2ccccc2N4c2cc4c(cc2C3)N2c3ccccc3Cc3c(N(c5ccc(C#N)cc5)c5ccc(C(C)C)cc5)ccc(c32)C4)cc1. The molecule has 0 atom stereocenters. The summed E-state index contributed by atoms with van der Waals surface area (Å²) in [6.45, 7) is 16.7. The zero-order valence-corrected chi connectivity index (χ0v) is 41.0. The average Bonchev–Trinajstić information content (AvgIpc) is 3.42. The highest BCUT2D eigenvalue weighted by Crippen LogP contribution is 2.59. The summed E-state index contributed by atoms with van der Waals surface area (Å²) in [5.74, 6) is 0.845. The number of benzene rings is 9. The summed E-state index contributed by atoms with van der Waals surface area (Å²) in [4.78, 5) is 13.7. The average molecular weight is 929 g/mol. The number of fused-ring (bicyclic) bond motifs is 8. The van der Waals surface area contributed by atoms with Crippen LogP contribution >= 0.6 is 0 Å². The number of nitriles is 1. The fraction of sp³-hybridized carbons (Fsp3) is 0.152. The maximum absolute atomic E-state index is 9.78. The van der Waals surface area contributed by atoms with Gasteiger partial charge in [-0.15, -0.1) is 0 Å². The number of para-hydroxylation sites is 2. The van der Waals surface area contributed by atoms with Crippen LogP contribution in [0.5, 0.6) is 0 Å². The second-order valence-electron chi connectivity index (χ2n) is 20.3. The molecule has 0 aliphatic carbocycles. The van der Waals surface area contributed by atoms with Crippen LogP contribution in [0.3, 0.4) is 0 Å². The first kappa shape index (κ1) is 43.2. The Balaban J connectivity index is 0.972. The lowest BCUT2D eigenvalue weighted by atomic mass is 9.81. The van der Waals surface area contributed by atoms with E-state index in [1.807, 2.05) is 24.3 Å². The number of hydrogen-bond donors (Lipinski definition) is 0. The van der Waals surface area contributed by atoms with Crippen molar-refractivity contribution in [2.75, 3.05) is 19.6 Å². The van der Waals surface area contributed by atoms with Gasteiger partial charge in [0.15, 0.2) is 5.69 Å². The van der Waals surface area contributed by atoms with Gasteiger partial charge in [0.05, 0.1) is 52.3 Å². The van der Waals surface area contributed by atoms with E-state index < -0.39 is 0 Å². The predicted octanol–water partition coefficient (Wildman–Crippen LogP) is 17.9. The monoisotopic (exact) mass is 928 g/mol. The van der Waals surface area contributed by atoms with Gasteiger partial charge in [0.1, 0.15) is 0 Å². The lowest BCUT2D eigenvalue weighted by Gasteiger charge is -2.44. The summed E-state index contributed by atoms with van der Waals surface area (Å²) in [6, 6.07) is 68.7. The number of rotatable bonds is 8. The first-order valence-corrected chi connectivity index (χ1v) is 25.2. The van der Waals surface area contributed by atoms with Gasteiger partial charge in [-0.2, -0.15) is 5.26 Å². The minimum atomic E-state index is 0.421. The summed E-state index contributed by atoms with van der Waals surface area (Å²) in [5, 5.41) is 9.78. The van der Waals surface area contributed by atoms with E-state index in [1.54, 1.807) is 0 Å². The third-order valence-electron chi connectivity index (χ3n) is 15.5. The van der Waals surface area contributed by atoms with Crippen LogP contribution in [0.4, 0.5) is 73.9 Å². The van der Waals surface area contributed by atoms with Crippen molar-refractivity contribution in [3.63, 3.8) is 0 Å². The molecule has 6 nitrogen and oxygen atoms in total. The van der Waals surface area contributed by atoms with E-state index in [0.29, 0.717) is 23.1 Å². The van der Waals surface area contributed by atoms with Crippen LogP contribution in [0.15, 0.2) is 182 Å². The molecule has 0 amide bonds. The molecule has 9 aromatic carbocycles. The molecule has 0 fully saturated rings. The standard InChI is InChI=1S/C66H52N6/c1-41(2)44-16-26-54(27-17-44)69(53-24-14-43(40-67)15-25-53)61-32-20-48-34-50-39-64-51(38-63(50)71-59-12-8-6-10-46(59)36-57(61)65(48)71)35-49-21-33-62(58-37-47-11-7-9-13-60(47)72(64)66(49)58)70(56-30-22-52(68-5)23-31-56)55-28-18-45(19-29-55)42(3)4/h6-33,38-39,41-42H,34-37H2,1-4H3. The molecule has 0 saturated carbocycles. The minimum Gasteiger partial charge on any atom is -0.310 e. The highest BCUT2D eigenvalue weighted by Gasteiger charge is 2.39. The summed E-state index contributed by atoms with van der Waals surface area (Å²) in [7, 11) is 0. The highest BCUT2D eigenvalue weighted by atomic mass is 15.2. The van der Waals surface area contributed by atoms with E-state index in [4.69, 9.17) is 6.57 Å². The lowest BCUT2D eigenvalue weighted by molar-refractivity contribution is 0.866. The van der Waals surface area contributed by atoms with Gasteiger partial charge in [-0.25, -0.2) is 4.85 Å². The maximum Gasteiger partial charge on any atom is 0.187 e. The molecule has 0 bridgehead atoms. The second-order valence-corrected chi connectivity index (χ2v) is 20.3. The Bertz CT molecular complexity index is 3470. The molecule has 9 aromatic rings. The molecule has 4 aliphatic heterocycles. The maximum atomic E-state index is 9.78.